The Morgan fingerprint density at radius 3 is 0.605 bits per heavy atom. The fourth-order valence-corrected chi connectivity index (χ4v) is 5.28. The van der Waals surface area contributed by atoms with Crippen LogP contribution in [0, 0.1) is 0 Å². The maximum Gasteiger partial charge on any atom is 0.0414 e. The molecular formula is C36H72O6Pb-4. The minimum Gasteiger partial charge on any atom is -0.870 e. The minimum atomic E-state index is -0.903. The minimum absolute atomic E-state index is 0. The van der Waals surface area contributed by atoms with E-state index >= 15 is 0 Å². The monoisotopic (exact) mass is 809 g/mol. The molecule has 0 aliphatic carbocycles. The Hall–Kier alpha value is -0.218. The molecule has 0 rings (SSSR count). The zero-order chi connectivity index (χ0) is 29.8. The molecule has 0 aliphatic heterocycles. The molecule has 0 aromatic carbocycles. The Balaban J connectivity index is -0.000000209. The van der Waals surface area contributed by atoms with Gasteiger partial charge in [0.25, 0.3) is 0 Å². The molecule has 0 unspecified atom stereocenters. The number of unbranched alkanes of at least 4 members (excludes halogenated alkanes) is 28. The summed E-state index contributed by atoms with van der Waals surface area (Å²) >= 11 is 0. The third kappa shape index (κ3) is 57.9. The first-order valence-electron chi connectivity index (χ1n) is 17.9. The van der Waals surface area contributed by atoms with Gasteiger partial charge in [0.15, 0.2) is 0 Å². The van der Waals surface area contributed by atoms with Gasteiger partial charge in [0, 0.05) is 39.2 Å². The summed E-state index contributed by atoms with van der Waals surface area (Å²) in [7, 11) is 0. The zero-order valence-corrected chi connectivity index (χ0v) is 32.5. The molecule has 4 radical (unpaired) electrons. The molecule has 0 aliphatic rings. The second-order valence-electron chi connectivity index (χ2n) is 12.1. The summed E-state index contributed by atoms with van der Waals surface area (Å²) in [5.74, 6) is -1.81. The van der Waals surface area contributed by atoms with Gasteiger partial charge >= 0.3 is 0 Å². The van der Waals surface area contributed by atoms with Crippen LogP contribution < -0.4 is 10.2 Å². The van der Waals surface area contributed by atoms with Gasteiger partial charge in [0.1, 0.15) is 0 Å². The summed E-state index contributed by atoms with van der Waals surface area (Å²) in [6.45, 7) is 4.53. The fourth-order valence-electron chi connectivity index (χ4n) is 5.28. The van der Waals surface area contributed by atoms with Crippen molar-refractivity contribution in [2.45, 2.75) is 219 Å². The summed E-state index contributed by atoms with van der Waals surface area (Å²) in [5.41, 5.74) is 0. The first kappa shape index (κ1) is 52.3. The molecule has 0 saturated heterocycles. The number of rotatable bonds is 32. The normalized spacial score (nSPS) is 10.1. The summed E-state index contributed by atoms with van der Waals surface area (Å²) in [4.78, 5) is 20.4. The van der Waals surface area contributed by atoms with Crippen LogP contribution in [0.25, 0.3) is 0 Å². The van der Waals surface area contributed by atoms with Gasteiger partial charge in [-0.05, 0) is 25.7 Å². The molecule has 0 heterocycles. The summed E-state index contributed by atoms with van der Waals surface area (Å²) < 4.78 is 0. The van der Waals surface area contributed by atoms with Crippen LogP contribution in [0.3, 0.4) is 0 Å². The molecule has 0 aromatic rings. The van der Waals surface area contributed by atoms with Crippen molar-refractivity contribution < 1.29 is 30.8 Å². The predicted octanol–water partition coefficient (Wildman–Crippen LogP) is 9.26. The first-order chi connectivity index (χ1) is 19.5. The molecule has 0 spiro atoms. The molecule has 43 heavy (non-hydrogen) atoms. The average molecular weight is 808 g/mol. The first-order valence-corrected chi connectivity index (χ1v) is 17.9. The van der Waals surface area contributed by atoms with E-state index in [0.29, 0.717) is 0 Å². The molecule has 0 atom stereocenters. The number of aliphatic carboxylic acids is 2. The third-order valence-corrected chi connectivity index (χ3v) is 7.97. The zero-order valence-electron chi connectivity index (χ0n) is 28.7. The Morgan fingerprint density at radius 2 is 0.465 bits per heavy atom. The van der Waals surface area contributed by atoms with Gasteiger partial charge in [-0.2, -0.15) is 0 Å². The topological polar surface area (TPSA) is 140 Å². The number of hydrogen-bond donors (Lipinski definition) is 0. The van der Waals surface area contributed by atoms with Crippen molar-refractivity contribution in [2.24, 2.45) is 0 Å². The van der Waals surface area contributed by atoms with E-state index in [1.807, 2.05) is 0 Å². The van der Waals surface area contributed by atoms with Gasteiger partial charge in [-0.15, -0.1) is 0 Å². The van der Waals surface area contributed by atoms with Gasteiger partial charge < -0.3 is 30.8 Å². The SMILES string of the molecule is CCCCCCCCCCCCCCCCCC(=O)[O-].CCCCCCCCCCCCCCCCCC(=O)[O-].[OH-].[OH-].[Pb]. The second kappa shape index (κ2) is 48.7. The largest absolute Gasteiger partial charge is 0.870 e. The van der Waals surface area contributed by atoms with Crippen molar-refractivity contribution in [3.63, 3.8) is 0 Å². The maximum absolute atomic E-state index is 10.2. The molecule has 0 bridgehead atoms. The van der Waals surface area contributed by atoms with Gasteiger partial charge in [0.2, 0.25) is 0 Å². The van der Waals surface area contributed by atoms with Crippen molar-refractivity contribution in [1.29, 1.82) is 0 Å². The number of hydrogen-bond acceptors (Lipinski definition) is 6. The van der Waals surface area contributed by atoms with E-state index in [2.05, 4.69) is 13.8 Å². The molecule has 7 heteroatoms. The van der Waals surface area contributed by atoms with E-state index < -0.39 is 11.9 Å². The van der Waals surface area contributed by atoms with E-state index in [1.165, 1.54) is 167 Å². The van der Waals surface area contributed by atoms with E-state index in [0.717, 1.165) is 25.7 Å². The van der Waals surface area contributed by atoms with Crippen LogP contribution in [0.1, 0.15) is 219 Å². The average Bonchev–Trinajstić information content (AvgIpc) is 2.93. The van der Waals surface area contributed by atoms with Crippen molar-refractivity contribution in [2.75, 3.05) is 0 Å². The number of carbonyl (C=O) groups is 2. The Morgan fingerprint density at radius 1 is 0.326 bits per heavy atom. The summed E-state index contributed by atoms with van der Waals surface area (Å²) in [5, 5.41) is 20.4. The van der Waals surface area contributed by atoms with Crippen LogP contribution in [0.4, 0.5) is 0 Å². The van der Waals surface area contributed by atoms with E-state index in [1.54, 1.807) is 0 Å². The quantitative estimate of drug-likeness (QED) is 0.0490. The van der Waals surface area contributed by atoms with Gasteiger partial charge in [-0.1, -0.05) is 194 Å². The second-order valence-corrected chi connectivity index (χ2v) is 12.1. The summed E-state index contributed by atoms with van der Waals surface area (Å²) in [6.07, 6.45) is 39.7. The van der Waals surface area contributed by atoms with Crippen LogP contribution in [0.2, 0.25) is 0 Å². The van der Waals surface area contributed by atoms with Crippen molar-refractivity contribution in [1.82, 2.24) is 0 Å². The molecular weight excluding hydrogens is 736 g/mol. The maximum atomic E-state index is 10.2. The Labute approximate surface area is 288 Å². The van der Waals surface area contributed by atoms with Gasteiger partial charge in [-0.25, -0.2) is 0 Å². The van der Waals surface area contributed by atoms with Crippen LogP contribution in [0.5, 0.6) is 0 Å². The van der Waals surface area contributed by atoms with Crippen LogP contribution >= 0.6 is 0 Å². The van der Waals surface area contributed by atoms with E-state index in [-0.39, 0.29) is 51.1 Å². The van der Waals surface area contributed by atoms with Gasteiger partial charge in [-0.3, -0.25) is 0 Å². The van der Waals surface area contributed by atoms with E-state index in [9.17, 15) is 19.8 Å². The van der Waals surface area contributed by atoms with Crippen molar-refractivity contribution in [3.8, 4) is 0 Å². The van der Waals surface area contributed by atoms with Gasteiger partial charge in [0.05, 0.1) is 0 Å². The molecule has 0 fully saturated rings. The van der Waals surface area contributed by atoms with Crippen LogP contribution in [-0.2, 0) is 9.59 Å². The van der Waals surface area contributed by atoms with E-state index in [4.69, 9.17) is 0 Å². The standard InChI is InChI=1S/2C18H36O2.2H2O.Pb/c2*1-2-3-4-5-6-7-8-9-10-11-12-13-14-15-16-17-18(19)20;;;/h2*2-17H2,1H3,(H,19,20);2*1H2;/p-4. The Kier molecular flexibility index (Phi) is 59.2. The Bertz CT molecular complexity index is 460. The van der Waals surface area contributed by atoms with Crippen molar-refractivity contribution in [3.05, 3.63) is 0 Å². The molecule has 0 amide bonds. The predicted molar refractivity (Wildman–Crippen MR) is 179 cm³/mol. The smallest absolute Gasteiger partial charge is 0.0414 e. The fraction of sp³-hybridized carbons (Fsp3) is 0.944. The summed E-state index contributed by atoms with van der Waals surface area (Å²) in [6, 6.07) is 0. The number of carboxylic acids is 2. The molecule has 0 aromatic heterocycles. The third-order valence-electron chi connectivity index (χ3n) is 7.97. The van der Waals surface area contributed by atoms with Crippen LogP contribution in [0.15, 0.2) is 0 Å². The van der Waals surface area contributed by atoms with Crippen LogP contribution in [-0.4, -0.2) is 50.2 Å². The molecule has 260 valence electrons. The number of carbonyl (C=O) groups excluding carboxylic acids is 2. The number of carboxylic acid groups (broad SMARTS) is 2. The molecule has 2 N–H and O–H groups in total. The molecule has 6 nitrogen and oxygen atoms in total. The van der Waals surface area contributed by atoms with Crippen molar-refractivity contribution >= 4 is 39.2 Å². The molecule has 0 saturated carbocycles.